The molecule has 0 unspecified atom stereocenters. The number of rotatable bonds is 0. The lowest BCUT2D eigenvalue weighted by Gasteiger charge is -2.30. The maximum absolute atomic E-state index is 11.0. The van der Waals surface area contributed by atoms with E-state index in [0.29, 0.717) is 0 Å². The van der Waals surface area contributed by atoms with E-state index in [1.54, 1.807) is 6.92 Å². The minimum atomic E-state index is -1.41. The molecule has 4 heteroatoms. The molecule has 0 radical (unpaired) electrons. The molecule has 0 aromatic heterocycles. The molecule has 64 valence electrons. The highest BCUT2D eigenvalue weighted by molar-refractivity contribution is 5.86. The van der Waals surface area contributed by atoms with Crippen molar-refractivity contribution in [2.45, 2.75) is 31.7 Å². The molecule has 0 bridgehead atoms. The highest BCUT2D eigenvalue weighted by Gasteiger charge is 2.39. The van der Waals surface area contributed by atoms with Crippen molar-refractivity contribution in [3.8, 4) is 0 Å². The van der Waals surface area contributed by atoms with E-state index < -0.39 is 18.3 Å². The van der Waals surface area contributed by atoms with Gasteiger partial charge in [0.2, 0.25) is 0 Å². The van der Waals surface area contributed by atoms with E-state index in [0.717, 1.165) is 0 Å². The van der Waals surface area contributed by atoms with Gasteiger partial charge in [-0.05, 0) is 6.42 Å². The van der Waals surface area contributed by atoms with Crippen molar-refractivity contribution < 1.29 is 20.1 Å². The average Bonchev–Trinajstić information content (AvgIpc) is 1.97. The summed E-state index contributed by atoms with van der Waals surface area (Å²) >= 11 is 0. The second-order valence-corrected chi connectivity index (χ2v) is 3.04. The second-order valence-electron chi connectivity index (χ2n) is 3.04. The van der Waals surface area contributed by atoms with Crippen LogP contribution in [0.15, 0.2) is 0 Å². The van der Waals surface area contributed by atoms with Crippen LogP contribution in [0.3, 0.4) is 0 Å². The Hall–Kier alpha value is -0.450. The van der Waals surface area contributed by atoms with E-state index in [1.807, 2.05) is 0 Å². The van der Waals surface area contributed by atoms with Gasteiger partial charge in [-0.15, -0.1) is 0 Å². The SMILES string of the molecule is [13CH3][C@@H]1[13CH2][C@@H](O)[13C@@H](O)[C@H](O)[13C]1=O. The number of hydrogen-bond acceptors (Lipinski definition) is 4. The van der Waals surface area contributed by atoms with Gasteiger partial charge in [-0.2, -0.15) is 0 Å². The Labute approximate surface area is 64.5 Å². The van der Waals surface area contributed by atoms with Crippen molar-refractivity contribution in [1.29, 1.82) is 0 Å². The number of carbonyl (C=O) groups excluding carboxylic acids is 1. The average molecular weight is 164 g/mol. The predicted octanol–water partition coefficient (Wildman–Crippen LogP) is -1.32. The first kappa shape index (κ1) is 8.64. The third-order valence-corrected chi connectivity index (χ3v) is 2.09. The Morgan fingerprint density at radius 2 is 1.91 bits per heavy atom. The van der Waals surface area contributed by atoms with E-state index in [2.05, 4.69) is 0 Å². The molecule has 1 fully saturated rings. The lowest BCUT2D eigenvalue weighted by Crippen LogP contribution is -2.50. The van der Waals surface area contributed by atoms with Crippen molar-refractivity contribution >= 4 is 5.78 Å². The van der Waals surface area contributed by atoms with Gasteiger partial charge in [0, 0.05) is 5.92 Å². The molecule has 11 heavy (non-hydrogen) atoms. The van der Waals surface area contributed by atoms with Crippen LogP contribution in [0, 0.1) is 5.92 Å². The van der Waals surface area contributed by atoms with Gasteiger partial charge in [-0.3, -0.25) is 4.79 Å². The van der Waals surface area contributed by atoms with Crippen LogP contribution in [-0.4, -0.2) is 39.4 Å². The zero-order valence-electron chi connectivity index (χ0n) is 6.27. The molecular formula is C7H12O4. The van der Waals surface area contributed by atoms with Crippen LogP contribution in [0.5, 0.6) is 0 Å². The van der Waals surface area contributed by atoms with Gasteiger partial charge in [0.1, 0.15) is 12.2 Å². The van der Waals surface area contributed by atoms with Crippen LogP contribution >= 0.6 is 0 Å². The molecule has 0 amide bonds. The molecule has 3 N–H and O–H groups in total. The van der Waals surface area contributed by atoms with Crippen LogP contribution in [0.25, 0.3) is 0 Å². The summed E-state index contributed by atoms with van der Waals surface area (Å²) in [5, 5.41) is 27.1. The van der Waals surface area contributed by atoms with Gasteiger partial charge in [-0.1, -0.05) is 6.92 Å². The summed E-state index contributed by atoms with van der Waals surface area (Å²) in [6.45, 7) is 1.63. The molecule has 0 heterocycles. The van der Waals surface area contributed by atoms with Gasteiger partial charge in [0.05, 0.1) is 6.10 Å². The van der Waals surface area contributed by atoms with Gasteiger partial charge >= 0.3 is 0 Å². The first-order valence-corrected chi connectivity index (χ1v) is 3.62. The third kappa shape index (κ3) is 1.42. The Morgan fingerprint density at radius 3 is 2.45 bits per heavy atom. The monoisotopic (exact) mass is 164 g/mol. The fourth-order valence-electron chi connectivity index (χ4n) is 1.29. The highest BCUT2D eigenvalue weighted by atomic mass is 16.4. The molecule has 1 rings (SSSR count). The van der Waals surface area contributed by atoms with E-state index in [4.69, 9.17) is 15.3 Å². The number of aliphatic hydroxyl groups is 3. The molecule has 0 saturated heterocycles. The topological polar surface area (TPSA) is 77.8 Å². The van der Waals surface area contributed by atoms with Crippen LogP contribution in [-0.2, 0) is 4.79 Å². The molecule has 0 aromatic carbocycles. The molecular weight excluding hydrogens is 152 g/mol. The van der Waals surface area contributed by atoms with E-state index in [1.165, 1.54) is 0 Å². The zero-order chi connectivity index (χ0) is 8.59. The quantitative estimate of drug-likeness (QED) is 0.388. The maximum atomic E-state index is 11.0. The summed E-state index contributed by atoms with van der Waals surface area (Å²) in [4.78, 5) is 11.0. The summed E-state index contributed by atoms with van der Waals surface area (Å²) in [6.07, 6.45) is -3.46. The van der Waals surface area contributed by atoms with Crippen LogP contribution in [0.4, 0.5) is 0 Å². The summed E-state index contributed by atoms with van der Waals surface area (Å²) in [6, 6.07) is 0. The van der Waals surface area contributed by atoms with Crippen LogP contribution in [0.1, 0.15) is 13.3 Å². The number of aliphatic hydroxyl groups excluding tert-OH is 3. The fourth-order valence-corrected chi connectivity index (χ4v) is 1.29. The Bertz CT molecular complexity index is 168. The van der Waals surface area contributed by atoms with Crippen molar-refractivity contribution in [3.63, 3.8) is 0 Å². The largest absolute Gasteiger partial charge is 0.390 e. The standard InChI is InChI=1S/C7H12O4/c1-3-2-4(8)6(10)7(11)5(3)9/h3-4,6-8,10-11H,2H2,1H3/t3-,4-,6-,7-/m1/s1/i1+1,2+1,5+1,6+1. The zero-order valence-corrected chi connectivity index (χ0v) is 6.27. The molecule has 0 spiro atoms. The van der Waals surface area contributed by atoms with Crippen molar-refractivity contribution in [2.24, 2.45) is 5.92 Å². The molecule has 0 aromatic rings. The molecule has 4 atom stereocenters. The van der Waals surface area contributed by atoms with Crippen molar-refractivity contribution in [1.82, 2.24) is 0 Å². The van der Waals surface area contributed by atoms with Crippen molar-refractivity contribution in [3.05, 3.63) is 0 Å². The smallest absolute Gasteiger partial charge is 0.166 e. The Morgan fingerprint density at radius 1 is 1.36 bits per heavy atom. The van der Waals surface area contributed by atoms with Gasteiger partial charge in [0.15, 0.2) is 5.78 Å². The van der Waals surface area contributed by atoms with Crippen LogP contribution in [0.2, 0.25) is 0 Å². The second kappa shape index (κ2) is 2.89. The van der Waals surface area contributed by atoms with Gasteiger partial charge in [0.25, 0.3) is 0 Å². The van der Waals surface area contributed by atoms with E-state index in [-0.39, 0.29) is 18.1 Å². The lowest BCUT2D eigenvalue weighted by atomic mass is 10.3. The van der Waals surface area contributed by atoms with Gasteiger partial charge < -0.3 is 15.3 Å². The first-order valence-electron chi connectivity index (χ1n) is 3.62. The fraction of sp³-hybridized carbons (Fsp3) is 0.857. The summed E-state index contributed by atoms with van der Waals surface area (Å²) in [5.41, 5.74) is 0. The molecule has 1 aliphatic carbocycles. The lowest BCUT2D eigenvalue weighted by molar-refractivity contribution is -0.152. The molecule has 0 aliphatic heterocycles. The van der Waals surface area contributed by atoms with E-state index in [9.17, 15) is 4.79 Å². The molecule has 1 aliphatic rings. The summed E-state index contributed by atoms with van der Waals surface area (Å²) in [5.74, 6) is -0.744. The van der Waals surface area contributed by atoms with Gasteiger partial charge in [-0.25, -0.2) is 0 Å². The summed E-state index contributed by atoms with van der Waals surface area (Å²) in [7, 11) is 0. The Kier molecular flexibility index (Phi) is 2.27. The van der Waals surface area contributed by atoms with E-state index >= 15 is 0 Å². The molecule has 4 nitrogen and oxygen atoms in total. The number of ketones is 1. The molecule has 1 saturated carbocycles. The highest BCUT2D eigenvalue weighted by Crippen LogP contribution is 2.21. The first-order chi connectivity index (χ1) is 5.04. The summed E-state index contributed by atoms with van der Waals surface area (Å²) < 4.78 is 0. The maximum Gasteiger partial charge on any atom is 0.166 e. The minimum Gasteiger partial charge on any atom is -0.390 e. The van der Waals surface area contributed by atoms with Crippen LogP contribution < -0.4 is 0 Å². The van der Waals surface area contributed by atoms with Crippen molar-refractivity contribution in [2.75, 3.05) is 0 Å². The predicted molar refractivity (Wildman–Crippen MR) is 36.8 cm³/mol. The third-order valence-electron chi connectivity index (χ3n) is 2.09. The number of Topliss-reactive ketones (excluding diaryl/α,β-unsaturated/α-hetero) is 1. The Balaban J connectivity index is 2.70. The number of hydrogen-bond donors (Lipinski definition) is 3. The minimum absolute atomic E-state index is 0.233. The normalized spacial score (nSPS) is 46.0. The number of carbonyl (C=O) groups is 1.